The average molecular weight is 365 g/mol. The van der Waals surface area contributed by atoms with E-state index in [0.29, 0.717) is 11.8 Å². The third kappa shape index (κ3) is 4.12. The molecule has 0 heterocycles. The Morgan fingerprint density at radius 3 is 1.48 bits per heavy atom. The summed E-state index contributed by atoms with van der Waals surface area (Å²) in [7, 11) is 0. The van der Waals surface area contributed by atoms with Gasteiger partial charge in [-0.15, -0.1) is 0 Å². The summed E-state index contributed by atoms with van der Waals surface area (Å²) in [5.74, 6) is 4.50. The van der Waals surface area contributed by atoms with Gasteiger partial charge in [0.1, 0.15) is 0 Å². The minimum atomic E-state index is 0.640. The quantitative estimate of drug-likeness (QED) is 0.609. The Balaban J connectivity index is 1.34. The third-order valence-corrected chi connectivity index (χ3v) is 7.22. The van der Waals surface area contributed by atoms with Crippen molar-refractivity contribution in [3.8, 4) is 0 Å². The van der Waals surface area contributed by atoms with Crippen LogP contribution in [0.5, 0.6) is 0 Å². The van der Waals surface area contributed by atoms with Crippen LogP contribution < -0.4 is 0 Å². The van der Waals surface area contributed by atoms with Crippen LogP contribution in [-0.2, 0) is 22.7 Å². The minimum Gasteiger partial charge on any atom is -0.376 e. The lowest BCUT2D eigenvalue weighted by atomic mass is 9.70. The van der Waals surface area contributed by atoms with Crippen LogP contribution in [0.1, 0.15) is 31.4 Å². The van der Waals surface area contributed by atoms with E-state index in [-0.39, 0.29) is 0 Å². The first kappa shape index (κ1) is 18.7. The molecule has 0 amide bonds. The number of hydrogen-bond acceptors (Lipinski definition) is 2. The summed E-state index contributed by atoms with van der Waals surface area (Å²) in [6.07, 6.45) is 1.36. The molecule has 2 nitrogen and oxygen atoms in total. The maximum atomic E-state index is 6.18. The topological polar surface area (TPSA) is 18.5 Å². The Labute approximate surface area is 163 Å². The van der Waals surface area contributed by atoms with Crippen LogP contribution in [0, 0.1) is 35.5 Å². The number of benzene rings is 2. The Morgan fingerprint density at radius 2 is 1.07 bits per heavy atom. The van der Waals surface area contributed by atoms with Crippen LogP contribution in [0.4, 0.5) is 0 Å². The smallest absolute Gasteiger partial charge is 0.0717 e. The van der Waals surface area contributed by atoms with Crippen molar-refractivity contribution in [2.75, 3.05) is 13.2 Å². The summed E-state index contributed by atoms with van der Waals surface area (Å²) >= 11 is 0. The second-order valence-corrected chi connectivity index (χ2v) is 8.61. The molecule has 27 heavy (non-hydrogen) atoms. The van der Waals surface area contributed by atoms with Crippen molar-refractivity contribution in [2.24, 2.45) is 35.5 Å². The van der Waals surface area contributed by atoms with Crippen LogP contribution in [0.25, 0.3) is 0 Å². The van der Waals surface area contributed by atoms with Crippen molar-refractivity contribution >= 4 is 0 Å². The lowest BCUT2D eigenvalue weighted by Gasteiger charge is -2.38. The molecule has 0 saturated heterocycles. The van der Waals surface area contributed by atoms with Gasteiger partial charge in [-0.2, -0.15) is 0 Å². The van der Waals surface area contributed by atoms with Crippen LogP contribution >= 0.6 is 0 Å². The van der Waals surface area contributed by atoms with Crippen LogP contribution in [0.15, 0.2) is 60.7 Å². The van der Waals surface area contributed by atoms with Gasteiger partial charge in [-0.1, -0.05) is 74.5 Å². The van der Waals surface area contributed by atoms with Crippen molar-refractivity contribution in [1.82, 2.24) is 0 Å². The predicted molar refractivity (Wildman–Crippen MR) is 109 cm³/mol. The zero-order valence-electron chi connectivity index (χ0n) is 16.6. The molecular formula is C25H32O2. The molecule has 2 aromatic rings. The summed E-state index contributed by atoms with van der Waals surface area (Å²) in [6.45, 7) is 8.06. The van der Waals surface area contributed by atoms with Gasteiger partial charge in [0.25, 0.3) is 0 Å². The van der Waals surface area contributed by atoms with Gasteiger partial charge in [0.15, 0.2) is 0 Å². The second-order valence-electron chi connectivity index (χ2n) is 8.61. The fraction of sp³-hybridized carbons (Fsp3) is 0.520. The summed E-state index contributed by atoms with van der Waals surface area (Å²) in [4.78, 5) is 0. The zero-order chi connectivity index (χ0) is 18.6. The first-order valence-corrected chi connectivity index (χ1v) is 10.5. The maximum absolute atomic E-state index is 6.18. The highest BCUT2D eigenvalue weighted by Gasteiger charge is 2.54. The molecule has 0 aromatic heterocycles. The zero-order valence-corrected chi connectivity index (χ0v) is 16.6. The normalized spacial score (nSPS) is 32.1. The monoisotopic (exact) mass is 364 g/mol. The SMILES string of the molecule is CC1C(C)C2CC1[C@@H](COCc1ccccc1)[C@H]2COCc1ccccc1. The van der Waals surface area contributed by atoms with Gasteiger partial charge in [-0.05, 0) is 53.1 Å². The molecule has 0 radical (unpaired) electrons. The highest BCUT2D eigenvalue weighted by atomic mass is 16.5. The van der Waals surface area contributed by atoms with Gasteiger partial charge in [-0.25, -0.2) is 0 Å². The molecule has 2 aromatic carbocycles. The molecule has 2 heteroatoms. The van der Waals surface area contributed by atoms with E-state index < -0.39 is 0 Å². The first-order chi connectivity index (χ1) is 13.2. The molecule has 144 valence electrons. The van der Waals surface area contributed by atoms with Crippen molar-refractivity contribution in [3.05, 3.63) is 71.8 Å². The number of ether oxygens (including phenoxy) is 2. The van der Waals surface area contributed by atoms with Crippen molar-refractivity contribution in [1.29, 1.82) is 0 Å². The summed E-state index contributed by atoms with van der Waals surface area (Å²) < 4.78 is 12.4. The number of rotatable bonds is 8. The molecule has 2 saturated carbocycles. The van der Waals surface area contributed by atoms with Crippen molar-refractivity contribution in [3.63, 3.8) is 0 Å². The fourth-order valence-electron chi connectivity index (χ4n) is 5.56. The van der Waals surface area contributed by atoms with Crippen molar-refractivity contribution in [2.45, 2.75) is 33.5 Å². The van der Waals surface area contributed by atoms with E-state index in [2.05, 4.69) is 74.5 Å². The maximum Gasteiger partial charge on any atom is 0.0717 e. The fourth-order valence-corrected chi connectivity index (χ4v) is 5.56. The minimum absolute atomic E-state index is 0.640. The third-order valence-electron chi connectivity index (χ3n) is 7.22. The van der Waals surface area contributed by atoms with E-state index in [9.17, 15) is 0 Å². The van der Waals surface area contributed by atoms with E-state index in [4.69, 9.17) is 9.47 Å². The molecule has 0 N–H and O–H groups in total. The Kier molecular flexibility index (Phi) is 5.95. The first-order valence-electron chi connectivity index (χ1n) is 10.5. The Morgan fingerprint density at radius 1 is 0.667 bits per heavy atom. The summed E-state index contributed by atoms with van der Waals surface area (Å²) in [5, 5.41) is 0. The molecular weight excluding hydrogens is 332 g/mol. The number of fused-ring (bicyclic) bond motifs is 2. The highest BCUT2D eigenvalue weighted by Crippen LogP contribution is 2.58. The van der Waals surface area contributed by atoms with Gasteiger partial charge in [0.2, 0.25) is 0 Å². The largest absolute Gasteiger partial charge is 0.376 e. The molecule has 0 spiro atoms. The van der Waals surface area contributed by atoms with Gasteiger partial charge in [-0.3, -0.25) is 0 Å². The van der Waals surface area contributed by atoms with E-state index >= 15 is 0 Å². The second kappa shape index (κ2) is 8.58. The van der Waals surface area contributed by atoms with Crippen LogP contribution in [0.3, 0.4) is 0 Å². The average Bonchev–Trinajstić information content (AvgIpc) is 3.20. The van der Waals surface area contributed by atoms with Crippen LogP contribution in [-0.4, -0.2) is 13.2 Å². The van der Waals surface area contributed by atoms with Gasteiger partial charge in [0, 0.05) is 0 Å². The molecule has 2 bridgehead atoms. The standard InChI is InChI=1S/C25H32O2/c1-18-19(2)23-13-22(18)24(16-26-14-20-9-5-3-6-10-20)25(23)17-27-15-21-11-7-4-8-12-21/h3-12,18-19,22-25H,13-17H2,1-2H3/t18?,19?,22?,23?,24-,25+. The molecule has 2 aliphatic carbocycles. The van der Waals surface area contributed by atoms with E-state index in [1.807, 2.05) is 0 Å². The lowest BCUT2D eigenvalue weighted by molar-refractivity contribution is -0.0245. The highest BCUT2D eigenvalue weighted by molar-refractivity contribution is 5.14. The van der Waals surface area contributed by atoms with Gasteiger partial charge in [0.05, 0.1) is 26.4 Å². The van der Waals surface area contributed by atoms with Gasteiger partial charge >= 0.3 is 0 Å². The van der Waals surface area contributed by atoms with Gasteiger partial charge < -0.3 is 9.47 Å². The predicted octanol–water partition coefficient (Wildman–Crippen LogP) is 5.57. The lowest BCUT2D eigenvalue weighted by Crippen LogP contribution is -2.37. The summed E-state index contributed by atoms with van der Waals surface area (Å²) in [5.41, 5.74) is 2.53. The summed E-state index contributed by atoms with van der Waals surface area (Å²) in [6, 6.07) is 21.0. The molecule has 6 atom stereocenters. The molecule has 0 aliphatic heterocycles. The van der Waals surface area contributed by atoms with E-state index in [1.54, 1.807) is 0 Å². The Bertz CT molecular complexity index is 637. The Hall–Kier alpha value is -1.64. The molecule has 2 fully saturated rings. The van der Waals surface area contributed by atoms with Crippen LogP contribution in [0.2, 0.25) is 0 Å². The van der Waals surface area contributed by atoms with Crippen molar-refractivity contribution < 1.29 is 9.47 Å². The van der Waals surface area contributed by atoms with E-state index in [1.165, 1.54) is 17.5 Å². The number of hydrogen-bond donors (Lipinski definition) is 0. The van der Waals surface area contributed by atoms with E-state index in [0.717, 1.165) is 50.1 Å². The molecule has 4 unspecified atom stereocenters. The molecule has 2 aliphatic rings. The molecule has 4 rings (SSSR count).